The summed E-state index contributed by atoms with van der Waals surface area (Å²) in [5.74, 6) is 0.849. The molecule has 0 aliphatic carbocycles. The van der Waals surface area contributed by atoms with Gasteiger partial charge in [0, 0.05) is 13.1 Å². The lowest BCUT2D eigenvalue weighted by Crippen LogP contribution is -2.49. The van der Waals surface area contributed by atoms with Crippen LogP contribution in [0.2, 0.25) is 0 Å². The Bertz CT molecular complexity index is 557. The summed E-state index contributed by atoms with van der Waals surface area (Å²) in [4.78, 5) is 30.1. The smallest absolute Gasteiger partial charge is 0.241 e. The van der Waals surface area contributed by atoms with Crippen LogP contribution in [0.25, 0.3) is 0 Å². The predicted octanol–water partition coefficient (Wildman–Crippen LogP) is 0.184. The van der Waals surface area contributed by atoms with Crippen LogP contribution in [0.5, 0.6) is 0 Å². The summed E-state index contributed by atoms with van der Waals surface area (Å²) in [5, 5.41) is 6.41. The minimum atomic E-state index is -0.599. The molecule has 3 N–H and O–H groups in total. The van der Waals surface area contributed by atoms with Crippen LogP contribution in [0, 0.1) is 12.8 Å². The zero-order chi connectivity index (χ0) is 17.0. The molecule has 1 saturated heterocycles. The number of hydrogen-bond acceptors (Lipinski definition) is 6. The largest absolute Gasteiger partial charge is 0.346 e. The standard InChI is InChI=1S/C15H25N5O3/c1-9(2)13(16)14(22)17-7-12(21)20-6-4-5-11(8-20)15-18-10(3)19-23-15/h9,11,13H,4-8,16H2,1-3H3,(H,17,22)/t11?,13-/m0/s1. The first-order valence-electron chi connectivity index (χ1n) is 7.99. The van der Waals surface area contributed by atoms with Gasteiger partial charge in [-0.3, -0.25) is 9.59 Å². The molecule has 1 unspecified atom stereocenters. The van der Waals surface area contributed by atoms with Crippen LogP contribution < -0.4 is 11.1 Å². The first-order chi connectivity index (χ1) is 10.9. The number of hydrogen-bond donors (Lipinski definition) is 2. The van der Waals surface area contributed by atoms with Gasteiger partial charge < -0.3 is 20.5 Å². The predicted molar refractivity (Wildman–Crippen MR) is 83.4 cm³/mol. The second-order valence-corrected chi connectivity index (χ2v) is 6.35. The van der Waals surface area contributed by atoms with Crippen molar-refractivity contribution in [1.82, 2.24) is 20.4 Å². The van der Waals surface area contributed by atoms with E-state index in [0.29, 0.717) is 24.8 Å². The van der Waals surface area contributed by atoms with E-state index in [0.717, 1.165) is 12.8 Å². The maximum Gasteiger partial charge on any atom is 0.241 e. The van der Waals surface area contributed by atoms with Crippen LogP contribution >= 0.6 is 0 Å². The van der Waals surface area contributed by atoms with E-state index in [1.165, 1.54) is 0 Å². The molecule has 128 valence electrons. The Hall–Kier alpha value is -1.96. The number of nitrogens with zero attached hydrogens (tertiary/aromatic N) is 3. The summed E-state index contributed by atoms with van der Waals surface area (Å²) in [7, 11) is 0. The molecule has 0 bridgehead atoms. The van der Waals surface area contributed by atoms with E-state index in [4.69, 9.17) is 10.3 Å². The summed E-state index contributed by atoms with van der Waals surface area (Å²) in [6.45, 7) is 6.68. The van der Waals surface area contributed by atoms with Crippen LogP contribution in [-0.4, -0.2) is 52.5 Å². The van der Waals surface area contributed by atoms with Crippen molar-refractivity contribution in [3.05, 3.63) is 11.7 Å². The van der Waals surface area contributed by atoms with Crippen molar-refractivity contribution in [1.29, 1.82) is 0 Å². The Kier molecular flexibility index (Phi) is 5.70. The van der Waals surface area contributed by atoms with Gasteiger partial charge >= 0.3 is 0 Å². The highest BCUT2D eigenvalue weighted by Gasteiger charge is 2.28. The maximum atomic E-state index is 12.3. The number of carbonyl (C=O) groups is 2. The van der Waals surface area contributed by atoms with E-state index < -0.39 is 6.04 Å². The van der Waals surface area contributed by atoms with Crippen LogP contribution in [0.4, 0.5) is 0 Å². The fourth-order valence-electron chi connectivity index (χ4n) is 2.58. The number of aromatic nitrogens is 2. The summed E-state index contributed by atoms with van der Waals surface area (Å²) >= 11 is 0. The Balaban J connectivity index is 1.86. The number of rotatable bonds is 5. The molecule has 1 aromatic heterocycles. The molecule has 8 nitrogen and oxygen atoms in total. The van der Waals surface area contributed by atoms with Crippen molar-refractivity contribution in [2.75, 3.05) is 19.6 Å². The van der Waals surface area contributed by atoms with E-state index >= 15 is 0 Å². The minimum absolute atomic E-state index is 0.0326. The van der Waals surface area contributed by atoms with Gasteiger partial charge in [0.1, 0.15) is 0 Å². The molecular weight excluding hydrogens is 298 g/mol. The van der Waals surface area contributed by atoms with Crippen molar-refractivity contribution in [2.24, 2.45) is 11.7 Å². The molecule has 0 saturated carbocycles. The molecule has 1 fully saturated rings. The fraction of sp³-hybridized carbons (Fsp3) is 0.733. The van der Waals surface area contributed by atoms with Gasteiger partial charge in [-0.15, -0.1) is 0 Å². The first-order valence-corrected chi connectivity index (χ1v) is 7.99. The molecule has 0 spiro atoms. The van der Waals surface area contributed by atoms with E-state index in [1.54, 1.807) is 11.8 Å². The summed E-state index contributed by atoms with van der Waals surface area (Å²) in [6, 6.07) is -0.599. The molecule has 8 heteroatoms. The third-order valence-corrected chi connectivity index (χ3v) is 4.10. The Labute approximate surface area is 135 Å². The third-order valence-electron chi connectivity index (χ3n) is 4.10. The molecule has 2 amide bonds. The van der Waals surface area contributed by atoms with Gasteiger partial charge in [0.25, 0.3) is 0 Å². The van der Waals surface area contributed by atoms with Crippen LogP contribution in [0.1, 0.15) is 44.3 Å². The number of likely N-dealkylation sites (tertiary alicyclic amines) is 1. The zero-order valence-corrected chi connectivity index (χ0v) is 13.9. The van der Waals surface area contributed by atoms with Crippen molar-refractivity contribution in [3.8, 4) is 0 Å². The Morgan fingerprint density at radius 3 is 2.83 bits per heavy atom. The Morgan fingerprint density at radius 2 is 2.22 bits per heavy atom. The van der Waals surface area contributed by atoms with Gasteiger partial charge in [0.2, 0.25) is 17.7 Å². The Morgan fingerprint density at radius 1 is 1.48 bits per heavy atom. The first kappa shape index (κ1) is 17.4. The van der Waals surface area contributed by atoms with Gasteiger partial charge in [0.15, 0.2) is 5.82 Å². The van der Waals surface area contributed by atoms with E-state index in [9.17, 15) is 9.59 Å². The molecule has 1 aliphatic rings. The SMILES string of the molecule is Cc1noc(C2CCCN(C(=O)CNC(=O)[C@@H](N)C(C)C)C2)n1. The summed E-state index contributed by atoms with van der Waals surface area (Å²) in [6.07, 6.45) is 1.79. The van der Waals surface area contributed by atoms with E-state index in [1.807, 2.05) is 13.8 Å². The molecule has 0 aromatic carbocycles. The van der Waals surface area contributed by atoms with Gasteiger partial charge in [-0.25, -0.2) is 0 Å². The lowest BCUT2D eigenvalue weighted by atomic mass is 9.98. The average Bonchev–Trinajstić information content (AvgIpc) is 2.98. The zero-order valence-electron chi connectivity index (χ0n) is 13.9. The molecule has 2 rings (SSSR count). The summed E-state index contributed by atoms with van der Waals surface area (Å²) in [5.41, 5.74) is 5.76. The van der Waals surface area contributed by atoms with Crippen molar-refractivity contribution >= 4 is 11.8 Å². The number of amides is 2. The second kappa shape index (κ2) is 7.54. The number of nitrogens with two attached hydrogens (primary N) is 1. The van der Waals surface area contributed by atoms with Crippen molar-refractivity contribution in [2.45, 2.75) is 45.6 Å². The highest BCUT2D eigenvalue weighted by molar-refractivity contribution is 5.87. The van der Waals surface area contributed by atoms with E-state index in [-0.39, 0.29) is 30.2 Å². The highest BCUT2D eigenvalue weighted by Crippen LogP contribution is 2.25. The van der Waals surface area contributed by atoms with E-state index in [2.05, 4.69) is 15.5 Å². The molecular formula is C15H25N5O3. The molecule has 23 heavy (non-hydrogen) atoms. The van der Waals surface area contributed by atoms with Gasteiger partial charge in [-0.05, 0) is 25.7 Å². The number of carbonyl (C=O) groups excluding carboxylic acids is 2. The maximum absolute atomic E-state index is 12.3. The topological polar surface area (TPSA) is 114 Å². The van der Waals surface area contributed by atoms with Crippen LogP contribution in [0.3, 0.4) is 0 Å². The van der Waals surface area contributed by atoms with Crippen LogP contribution in [-0.2, 0) is 9.59 Å². The molecule has 1 aliphatic heterocycles. The third kappa shape index (κ3) is 4.51. The average molecular weight is 323 g/mol. The lowest BCUT2D eigenvalue weighted by molar-refractivity contribution is -0.134. The second-order valence-electron chi connectivity index (χ2n) is 6.35. The number of nitrogens with one attached hydrogen (secondary N) is 1. The van der Waals surface area contributed by atoms with Crippen molar-refractivity contribution < 1.29 is 14.1 Å². The molecule has 2 heterocycles. The normalized spacial score (nSPS) is 19.7. The fourth-order valence-corrected chi connectivity index (χ4v) is 2.58. The van der Waals surface area contributed by atoms with Crippen molar-refractivity contribution in [3.63, 3.8) is 0 Å². The number of aryl methyl sites for hydroxylation is 1. The monoisotopic (exact) mass is 323 g/mol. The minimum Gasteiger partial charge on any atom is -0.346 e. The van der Waals surface area contributed by atoms with Gasteiger partial charge in [0.05, 0.1) is 18.5 Å². The molecule has 2 atom stereocenters. The lowest BCUT2D eigenvalue weighted by Gasteiger charge is -2.31. The van der Waals surface area contributed by atoms with Gasteiger partial charge in [-0.2, -0.15) is 4.98 Å². The highest BCUT2D eigenvalue weighted by atomic mass is 16.5. The summed E-state index contributed by atoms with van der Waals surface area (Å²) < 4.78 is 5.20. The van der Waals surface area contributed by atoms with Gasteiger partial charge in [-0.1, -0.05) is 19.0 Å². The quantitative estimate of drug-likeness (QED) is 0.799. The molecule has 0 radical (unpaired) electrons. The molecule has 1 aromatic rings. The van der Waals surface area contributed by atoms with Crippen LogP contribution in [0.15, 0.2) is 4.52 Å². The number of piperidine rings is 1.